The van der Waals surface area contributed by atoms with Gasteiger partial charge in [0.2, 0.25) is 11.9 Å². The van der Waals surface area contributed by atoms with Gasteiger partial charge in [0.05, 0.1) is 16.5 Å². The zero-order valence-corrected chi connectivity index (χ0v) is 15.6. The lowest BCUT2D eigenvalue weighted by atomic mass is 10.1. The number of hydrogen-bond acceptors (Lipinski definition) is 5. The fraction of sp³-hybridized carbons (Fsp3) is 0.353. The number of nitrogens with one attached hydrogen (secondary N) is 1. The first kappa shape index (κ1) is 20.8. The van der Waals surface area contributed by atoms with Gasteiger partial charge in [-0.25, -0.2) is 0 Å². The number of amides is 1. The molecule has 27 heavy (non-hydrogen) atoms. The molecule has 2 aromatic rings. The predicted molar refractivity (Wildman–Crippen MR) is 99.2 cm³/mol. The Morgan fingerprint density at radius 3 is 2.63 bits per heavy atom. The maximum atomic E-state index is 13.1. The van der Waals surface area contributed by atoms with Crippen LogP contribution in [0.25, 0.3) is 0 Å². The second kappa shape index (κ2) is 8.47. The van der Waals surface area contributed by atoms with E-state index in [9.17, 15) is 18.0 Å². The maximum absolute atomic E-state index is 13.1. The van der Waals surface area contributed by atoms with Gasteiger partial charge in [0.25, 0.3) is 0 Å². The first-order chi connectivity index (χ1) is 12.6. The minimum absolute atomic E-state index is 0.169. The summed E-state index contributed by atoms with van der Waals surface area (Å²) in [7, 11) is 0. The van der Waals surface area contributed by atoms with E-state index in [4.69, 9.17) is 5.73 Å². The Balaban J connectivity index is 2.26. The van der Waals surface area contributed by atoms with E-state index in [1.165, 1.54) is 18.2 Å². The summed E-state index contributed by atoms with van der Waals surface area (Å²) < 4.78 is 41.0. The van der Waals surface area contributed by atoms with Crippen molar-refractivity contribution < 1.29 is 18.0 Å². The number of nitrogens with two attached hydrogens (primary N) is 1. The highest BCUT2D eigenvalue weighted by Crippen LogP contribution is 2.35. The summed E-state index contributed by atoms with van der Waals surface area (Å²) in [5.74, 6) is -0.565. The summed E-state index contributed by atoms with van der Waals surface area (Å²) in [6.45, 7) is 7.57. The lowest BCUT2D eigenvalue weighted by Gasteiger charge is -2.21. The van der Waals surface area contributed by atoms with Crippen molar-refractivity contribution in [3.8, 4) is 0 Å². The fourth-order valence-corrected chi connectivity index (χ4v) is 3.39. The zero-order chi connectivity index (χ0) is 20.2. The molecule has 0 aliphatic rings. The Hall–Kier alpha value is -2.49. The molecule has 1 heterocycles. The molecule has 1 aromatic heterocycles. The van der Waals surface area contributed by atoms with Crippen molar-refractivity contribution in [2.24, 2.45) is 5.92 Å². The summed E-state index contributed by atoms with van der Waals surface area (Å²) in [6.07, 6.45) is -2.96. The molecule has 1 aromatic carbocycles. The number of anilines is 2. The van der Waals surface area contributed by atoms with E-state index in [-0.39, 0.29) is 17.6 Å². The Kier molecular flexibility index (Phi) is 6.53. The summed E-state index contributed by atoms with van der Waals surface area (Å²) in [6, 6.07) is 4.85. The molecule has 146 valence electrons. The SMILES string of the molecule is C=CCn1c(N)nnc1S[C@@H](C(=O)Nc1ccccc1C(F)(F)F)C(C)C. The number of alkyl halides is 3. The molecule has 10 heteroatoms. The third-order valence-corrected chi connectivity index (χ3v) is 5.17. The van der Waals surface area contributed by atoms with Crippen molar-refractivity contribution >= 4 is 29.3 Å². The minimum Gasteiger partial charge on any atom is -0.368 e. The van der Waals surface area contributed by atoms with Crippen molar-refractivity contribution in [1.29, 1.82) is 0 Å². The molecule has 0 fully saturated rings. The number of carbonyl (C=O) groups excluding carboxylic acids is 1. The molecule has 0 aliphatic heterocycles. The van der Waals surface area contributed by atoms with E-state index in [0.717, 1.165) is 17.8 Å². The molecule has 1 atom stereocenters. The fourth-order valence-electron chi connectivity index (χ4n) is 2.34. The van der Waals surface area contributed by atoms with Gasteiger partial charge in [0, 0.05) is 6.54 Å². The highest BCUT2D eigenvalue weighted by Gasteiger charge is 2.34. The van der Waals surface area contributed by atoms with Gasteiger partial charge >= 0.3 is 6.18 Å². The number of carbonyl (C=O) groups is 1. The summed E-state index contributed by atoms with van der Waals surface area (Å²) >= 11 is 1.09. The first-order valence-electron chi connectivity index (χ1n) is 8.08. The van der Waals surface area contributed by atoms with Crippen LogP contribution >= 0.6 is 11.8 Å². The van der Waals surface area contributed by atoms with Gasteiger partial charge in [-0.2, -0.15) is 13.2 Å². The van der Waals surface area contributed by atoms with Crippen molar-refractivity contribution in [2.45, 2.75) is 37.0 Å². The van der Waals surface area contributed by atoms with Gasteiger partial charge in [-0.3, -0.25) is 9.36 Å². The molecule has 2 rings (SSSR count). The minimum atomic E-state index is -4.57. The van der Waals surface area contributed by atoms with Gasteiger partial charge in [0.1, 0.15) is 0 Å². The highest BCUT2D eigenvalue weighted by atomic mass is 32.2. The van der Waals surface area contributed by atoms with E-state index in [0.29, 0.717) is 11.7 Å². The van der Waals surface area contributed by atoms with Crippen LogP contribution in [0.5, 0.6) is 0 Å². The molecular weight excluding hydrogens is 379 g/mol. The molecule has 0 unspecified atom stereocenters. The van der Waals surface area contributed by atoms with Crippen LogP contribution in [0.2, 0.25) is 0 Å². The molecule has 0 aliphatic carbocycles. The van der Waals surface area contributed by atoms with Gasteiger partial charge in [-0.1, -0.05) is 43.8 Å². The summed E-state index contributed by atoms with van der Waals surface area (Å²) in [5, 5.41) is 9.81. The quantitative estimate of drug-likeness (QED) is 0.546. The van der Waals surface area contributed by atoms with Crippen molar-refractivity contribution in [3.05, 3.63) is 42.5 Å². The average molecular weight is 399 g/mol. The first-order valence-corrected chi connectivity index (χ1v) is 8.96. The van der Waals surface area contributed by atoms with E-state index in [1.807, 2.05) is 0 Å². The largest absolute Gasteiger partial charge is 0.418 e. The van der Waals surface area contributed by atoms with Crippen molar-refractivity contribution in [3.63, 3.8) is 0 Å². The lowest BCUT2D eigenvalue weighted by molar-refractivity contribution is -0.137. The number of nitrogens with zero attached hydrogens (tertiary/aromatic N) is 3. The Bertz CT molecular complexity index is 819. The van der Waals surface area contributed by atoms with Crippen LogP contribution in [-0.2, 0) is 17.5 Å². The molecule has 0 bridgehead atoms. The van der Waals surface area contributed by atoms with E-state index < -0.39 is 22.9 Å². The zero-order valence-electron chi connectivity index (χ0n) is 14.8. The van der Waals surface area contributed by atoms with Gasteiger partial charge in [-0.05, 0) is 18.1 Å². The predicted octanol–water partition coefficient (Wildman–Crippen LogP) is 3.82. The van der Waals surface area contributed by atoms with Crippen LogP contribution < -0.4 is 11.1 Å². The Labute approximate surface area is 159 Å². The number of benzene rings is 1. The highest BCUT2D eigenvalue weighted by molar-refractivity contribution is 8.00. The van der Waals surface area contributed by atoms with Gasteiger partial charge in [0.15, 0.2) is 5.16 Å². The standard InChI is InChI=1S/C17H20F3N5OS/c1-4-9-25-15(21)23-24-16(25)27-13(10(2)3)14(26)22-12-8-6-5-7-11(12)17(18,19)20/h4-8,10,13H,1,9H2,2-3H3,(H2,21,23)(H,22,26)/t13-/m1/s1. The second-order valence-corrected chi connectivity index (χ2v) is 7.16. The van der Waals surface area contributed by atoms with Crippen LogP contribution in [0.15, 0.2) is 42.1 Å². The molecule has 6 nitrogen and oxygen atoms in total. The molecular formula is C17H20F3N5OS. The number of para-hydroxylation sites is 1. The molecule has 0 radical (unpaired) electrons. The maximum Gasteiger partial charge on any atom is 0.418 e. The van der Waals surface area contributed by atoms with E-state index in [1.54, 1.807) is 24.5 Å². The average Bonchev–Trinajstić information content (AvgIpc) is 2.92. The molecule has 0 saturated carbocycles. The van der Waals surface area contributed by atoms with Gasteiger partial charge in [-0.15, -0.1) is 16.8 Å². The monoisotopic (exact) mass is 399 g/mol. The molecule has 0 saturated heterocycles. The number of halogens is 3. The molecule has 3 N–H and O–H groups in total. The normalized spacial score (nSPS) is 12.8. The summed E-state index contributed by atoms with van der Waals surface area (Å²) in [5.41, 5.74) is 4.57. The third kappa shape index (κ3) is 5.03. The van der Waals surface area contributed by atoms with E-state index in [2.05, 4.69) is 22.1 Å². The number of hydrogen-bond donors (Lipinski definition) is 2. The van der Waals surface area contributed by atoms with Crippen LogP contribution in [-0.4, -0.2) is 25.9 Å². The smallest absolute Gasteiger partial charge is 0.368 e. The number of nitrogen functional groups attached to an aromatic ring is 1. The topological polar surface area (TPSA) is 85.8 Å². The van der Waals surface area contributed by atoms with Gasteiger partial charge < -0.3 is 11.1 Å². The number of thioether (sulfide) groups is 1. The lowest BCUT2D eigenvalue weighted by Crippen LogP contribution is -2.31. The van der Waals surface area contributed by atoms with Crippen LogP contribution in [0, 0.1) is 5.92 Å². The second-order valence-electron chi connectivity index (χ2n) is 6.06. The van der Waals surface area contributed by atoms with Crippen LogP contribution in [0.1, 0.15) is 19.4 Å². The number of rotatable bonds is 7. The number of allylic oxidation sites excluding steroid dienone is 1. The molecule has 0 spiro atoms. The third-order valence-electron chi connectivity index (χ3n) is 3.64. The Morgan fingerprint density at radius 2 is 2.04 bits per heavy atom. The van der Waals surface area contributed by atoms with Crippen molar-refractivity contribution in [2.75, 3.05) is 11.1 Å². The van der Waals surface area contributed by atoms with Crippen LogP contribution in [0.3, 0.4) is 0 Å². The number of aromatic nitrogens is 3. The molecule has 1 amide bonds. The van der Waals surface area contributed by atoms with Crippen LogP contribution in [0.4, 0.5) is 24.8 Å². The van der Waals surface area contributed by atoms with E-state index >= 15 is 0 Å². The van der Waals surface area contributed by atoms with Crippen molar-refractivity contribution in [1.82, 2.24) is 14.8 Å². The Morgan fingerprint density at radius 1 is 1.37 bits per heavy atom. The summed E-state index contributed by atoms with van der Waals surface area (Å²) in [4.78, 5) is 12.7.